The molecule has 0 aliphatic heterocycles. The second kappa shape index (κ2) is 10.3. The number of anilines is 1. The summed E-state index contributed by atoms with van der Waals surface area (Å²) in [4.78, 5) is 12.7. The van der Waals surface area contributed by atoms with Crippen molar-refractivity contribution in [1.29, 1.82) is 0 Å². The molecule has 3 aromatic rings. The first-order chi connectivity index (χ1) is 15.3. The zero-order valence-electron chi connectivity index (χ0n) is 17.9. The Hall–Kier alpha value is -3.39. The topological polar surface area (TPSA) is 75.7 Å². The summed E-state index contributed by atoms with van der Waals surface area (Å²) in [5.74, 6) is -0.354. The number of aryl methyl sites for hydroxylation is 2. The number of nitrogens with one attached hydrogen (secondary N) is 1. The average Bonchev–Trinajstić information content (AvgIpc) is 2.77. The lowest BCUT2D eigenvalue weighted by molar-refractivity contribution is -0.119. The van der Waals surface area contributed by atoms with Crippen molar-refractivity contribution in [1.82, 2.24) is 5.32 Å². The van der Waals surface area contributed by atoms with Crippen LogP contribution in [0.3, 0.4) is 0 Å². The number of halogens is 1. The number of para-hydroxylation sites is 1. The predicted molar refractivity (Wildman–Crippen MR) is 122 cm³/mol. The Labute approximate surface area is 187 Å². The monoisotopic (exact) mass is 456 g/mol. The van der Waals surface area contributed by atoms with Crippen LogP contribution in [0.5, 0.6) is 5.75 Å². The molecular weight excluding hydrogens is 431 g/mol. The lowest BCUT2D eigenvalue weighted by Crippen LogP contribution is -2.42. The molecule has 0 aliphatic rings. The molecule has 1 N–H and O–H groups in total. The van der Waals surface area contributed by atoms with Crippen molar-refractivity contribution in [3.05, 3.63) is 89.7 Å². The fourth-order valence-corrected chi connectivity index (χ4v) is 4.54. The first-order valence-electron chi connectivity index (χ1n) is 10.1. The molecule has 1 amide bonds. The van der Waals surface area contributed by atoms with Crippen LogP contribution in [-0.2, 0) is 14.8 Å². The normalized spacial score (nSPS) is 11.1. The molecule has 0 atom stereocenters. The van der Waals surface area contributed by atoms with Gasteiger partial charge in [0, 0.05) is 0 Å². The number of hydrogen-bond acceptors (Lipinski definition) is 4. The lowest BCUT2D eigenvalue weighted by atomic mass is 10.2. The molecular formula is C24H25FN2O4S. The Bertz CT molecular complexity index is 1160. The summed E-state index contributed by atoms with van der Waals surface area (Å²) in [5, 5.41) is 2.67. The summed E-state index contributed by atoms with van der Waals surface area (Å²) in [6.45, 7) is 3.62. The Kier molecular flexibility index (Phi) is 7.48. The van der Waals surface area contributed by atoms with E-state index in [1.165, 1.54) is 36.4 Å². The zero-order valence-corrected chi connectivity index (χ0v) is 18.7. The van der Waals surface area contributed by atoms with Crippen LogP contribution >= 0.6 is 0 Å². The highest BCUT2D eigenvalue weighted by molar-refractivity contribution is 7.92. The van der Waals surface area contributed by atoms with E-state index in [4.69, 9.17) is 4.74 Å². The number of nitrogens with zero attached hydrogens (tertiary/aromatic N) is 1. The fraction of sp³-hybridized carbons (Fsp3) is 0.208. The summed E-state index contributed by atoms with van der Waals surface area (Å²) in [5.41, 5.74) is 2.10. The third-order valence-corrected chi connectivity index (χ3v) is 6.56. The van der Waals surface area contributed by atoms with Crippen molar-refractivity contribution in [2.45, 2.75) is 18.7 Å². The van der Waals surface area contributed by atoms with Gasteiger partial charge in [0.2, 0.25) is 5.91 Å². The molecule has 168 valence electrons. The number of hydrogen-bond donors (Lipinski definition) is 1. The third-order valence-electron chi connectivity index (χ3n) is 4.79. The number of carbonyl (C=O) groups excluding carboxylic acids is 1. The van der Waals surface area contributed by atoms with E-state index < -0.39 is 15.9 Å². The Balaban J connectivity index is 1.71. The second-order valence-electron chi connectivity index (χ2n) is 7.26. The summed E-state index contributed by atoms with van der Waals surface area (Å²) in [6, 6.07) is 19.1. The summed E-state index contributed by atoms with van der Waals surface area (Å²) >= 11 is 0. The quantitative estimate of drug-likeness (QED) is 0.497. The molecule has 0 aliphatic carbocycles. The highest BCUT2D eigenvalue weighted by Gasteiger charge is 2.28. The minimum atomic E-state index is -3.96. The number of rotatable bonds is 9. The molecule has 0 saturated carbocycles. The Morgan fingerprint density at radius 3 is 2.28 bits per heavy atom. The standard InChI is InChI=1S/C24H25FN2O4S/c1-18-7-13-22(14-8-18)32(29,30)27(23-6-4-3-5-19(23)2)17-24(28)26-15-16-31-21-11-9-20(25)10-12-21/h3-14H,15-17H2,1-2H3,(H,26,28). The molecule has 0 bridgehead atoms. The van der Waals surface area contributed by atoms with E-state index in [-0.39, 0.29) is 30.4 Å². The van der Waals surface area contributed by atoms with Gasteiger partial charge in [-0.15, -0.1) is 0 Å². The highest BCUT2D eigenvalue weighted by Crippen LogP contribution is 2.26. The number of carbonyl (C=O) groups is 1. The number of benzene rings is 3. The third kappa shape index (κ3) is 5.85. The van der Waals surface area contributed by atoms with Crippen LogP contribution in [0.4, 0.5) is 10.1 Å². The molecule has 3 rings (SSSR count). The van der Waals surface area contributed by atoms with Crippen molar-refractivity contribution in [3.8, 4) is 5.75 Å². The molecule has 0 fully saturated rings. The van der Waals surface area contributed by atoms with Crippen molar-refractivity contribution in [2.24, 2.45) is 0 Å². The van der Waals surface area contributed by atoms with Gasteiger partial charge in [0.25, 0.3) is 10.0 Å². The van der Waals surface area contributed by atoms with Crippen LogP contribution in [-0.4, -0.2) is 34.0 Å². The molecule has 0 saturated heterocycles. The van der Waals surface area contributed by atoms with E-state index in [0.29, 0.717) is 11.4 Å². The fourth-order valence-electron chi connectivity index (χ4n) is 3.06. The summed E-state index contributed by atoms with van der Waals surface area (Å²) in [7, 11) is -3.96. The van der Waals surface area contributed by atoms with Gasteiger partial charge in [0.1, 0.15) is 24.7 Å². The van der Waals surface area contributed by atoms with Crippen LogP contribution in [0.1, 0.15) is 11.1 Å². The van der Waals surface area contributed by atoms with Crippen LogP contribution in [0.25, 0.3) is 0 Å². The molecule has 32 heavy (non-hydrogen) atoms. The first kappa shape index (κ1) is 23.3. The molecule has 6 nitrogen and oxygen atoms in total. The number of sulfonamides is 1. The smallest absolute Gasteiger partial charge is 0.264 e. The highest BCUT2D eigenvalue weighted by atomic mass is 32.2. The van der Waals surface area contributed by atoms with Crippen molar-refractivity contribution in [3.63, 3.8) is 0 Å². The molecule has 0 heterocycles. The van der Waals surface area contributed by atoms with Crippen LogP contribution in [0, 0.1) is 19.7 Å². The molecule has 0 aromatic heterocycles. The molecule has 0 unspecified atom stereocenters. The number of ether oxygens (including phenoxy) is 1. The minimum Gasteiger partial charge on any atom is -0.492 e. The van der Waals surface area contributed by atoms with Gasteiger partial charge >= 0.3 is 0 Å². The van der Waals surface area contributed by atoms with Gasteiger partial charge in [-0.25, -0.2) is 12.8 Å². The van der Waals surface area contributed by atoms with Gasteiger partial charge < -0.3 is 10.1 Å². The number of amides is 1. The van der Waals surface area contributed by atoms with E-state index in [0.717, 1.165) is 15.4 Å². The van der Waals surface area contributed by atoms with E-state index in [1.807, 2.05) is 13.0 Å². The van der Waals surface area contributed by atoms with Gasteiger partial charge in [-0.2, -0.15) is 0 Å². The maximum atomic E-state index is 13.4. The van der Waals surface area contributed by atoms with E-state index >= 15 is 0 Å². The molecule has 0 radical (unpaired) electrons. The summed E-state index contributed by atoms with van der Waals surface area (Å²) in [6.07, 6.45) is 0. The van der Waals surface area contributed by atoms with Gasteiger partial charge in [-0.05, 0) is 61.9 Å². The van der Waals surface area contributed by atoms with Crippen molar-refractivity contribution < 1.29 is 22.3 Å². The summed E-state index contributed by atoms with van der Waals surface area (Å²) < 4.78 is 46.2. The molecule has 3 aromatic carbocycles. The maximum Gasteiger partial charge on any atom is 0.264 e. The lowest BCUT2D eigenvalue weighted by Gasteiger charge is -2.25. The van der Waals surface area contributed by atoms with E-state index in [2.05, 4.69) is 5.32 Å². The Morgan fingerprint density at radius 1 is 0.969 bits per heavy atom. The largest absolute Gasteiger partial charge is 0.492 e. The molecule has 0 spiro atoms. The van der Waals surface area contributed by atoms with Crippen LogP contribution < -0.4 is 14.4 Å². The minimum absolute atomic E-state index is 0.110. The van der Waals surface area contributed by atoms with Gasteiger partial charge in [0.05, 0.1) is 17.1 Å². The zero-order chi connectivity index (χ0) is 23.1. The maximum absolute atomic E-state index is 13.4. The van der Waals surface area contributed by atoms with Gasteiger partial charge in [-0.3, -0.25) is 9.10 Å². The SMILES string of the molecule is Cc1ccc(S(=O)(=O)N(CC(=O)NCCOc2ccc(F)cc2)c2ccccc2C)cc1. The average molecular weight is 457 g/mol. The van der Waals surface area contributed by atoms with E-state index in [1.54, 1.807) is 37.3 Å². The van der Waals surface area contributed by atoms with Crippen molar-refractivity contribution in [2.75, 3.05) is 24.0 Å². The van der Waals surface area contributed by atoms with Gasteiger partial charge in [0.15, 0.2) is 0 Å². The van der Waals surface area contributed by atoms with E-state index in [9.17, 15) is 17.6 Å². The van der Waals surface area contributed by atoms with Crippen LogP contribution in [0.15, 0.2) is 77.7 Å². The first-order valence-corrected chi connectivity index (χ1v) is 11.5. The Morgan fingerprint density at radius 2 is 1.62 bits per heavy atom. The predicted octanol–water partition coefficient (Wildman–Crippen LogP) is 3.83. The second-order valence-corrected chi connectivity index (χ2v) is 9.13. The van der Waals surface area contributed by atoms with Gasteiger partial charge in [-0.1, -0.05) is 35.9 Å². The van der Waals surface area contributed by atoms with Crippen LogP contribution in [0.2, 0.25) is 0 Å². The van der Waals surface area contributed by atoms with Crippen molar-refractivity contribution >= 4 is 21.6 Å². The molecule has 8 heteroatoms.